The zero-order chi connectivity index (χ0) is 18.8. The minimum absolute atomic E-state index is 0. The number of benzene rings is 1. The molecule has 0 radical (unpaired) electrons. The van der Waals surface area contributed by atoms with Crippen LogP contribution in [0, 0.1) is 0 Å². The van der Waals surface area contributed by atoms with Crippen molar-refractivity contribution in [3.8, 4) is 11.4 Å². The number of rotatable bonds is 4. The standard InChI is InChI=1S/C23H27N5.BrH/c1-2-7-19(8-3-1)23-24-16-20(25-23)17-27-12-14-28(15-13-27)22-11-10-18-6-4-5-9-21(18)26-22;/h1-3,7-8,10-11,16H,4-6,9,12-15,17H2,(H,24,25);1H. The van der Waals surface area contributed by atoms with E-state index in [4.69, 9.17) is 4.98 Å². The largest absolute Gasteiger partial charge is 0.354 e. The average Bonchev–Trinajstić information content (AvgIpc) is 3.23. The van der Waals surface area contributed by atoms with Gasteiger partial charge in [-0.05, 0) is 37.3 Å². The van der Waals surface area contributed by atoms with Gasteiger partial charge in [-0.3, -0.25) is 4.90 Å². The number of imidazole rings is 1. The van der Waals surface area contributed by atoms with Gasteiger partial charge in [-0.25, -0.2) is 9.97 Å². The molecular formula is C23H28BrN5. The smallest absolute Gasteiger partial charge is 0.137 e. The third kappa shape index (κ3) is 4.54. The summed E-state index contributed by atoms with van der Waals surface area (Å²) in [6, 6.07) is 14.8. The number of aromatic nitrogens is 3. The quantitative estimate of drug-likeness (QED) is 0.641. The molecule has 0 bridgehead atoms. The van der Waals surface area contributed by atoms with Gasteiger partial charge < -0.3 is 9.88 Å². The number of halogens is 1. The molecule has 0 amide bonds. The van der Waals surface area contributed by atoms with Crippen molar-refractivity contribution in [2.45, 2.75) is 32.2 Å². The Bertz CT molecular complexity index is 931. The van der Waals surface area contributed by atoms with Crippen LogP contribution in [0.15, 0.2) is 48.7 Å². The summed E-state index contributed by atoms with van der Waals surface area (Å²) in [5, 5.41) is 0. The minimum Gasteiger partial charge on any atom is -0.354 e. The fourth-order valence-corrected chi connectivity index (χ4v) is 4.30. The number of hydrogen-bond acceptors (Lipinski definition) is 4. The van der Waals surface area contributed by atoms with E-state index in [9.17, 15) is 0 Å². The van der Waals surface area contributed by atoms with Crippen molar-refractivity contribution >= 4 is 22.8 Å². The molecule has 0 unspecified atom stereocenters. The first-order valence-corrected chi connectivity index (χ1v) is 10.4. The summed E-state index contributed by atoms with van der Waals surface area (Å²) >= 11 is 0. The molecule has 1 aliphatic heterocycles. The van der Waals surface area contributed by atoms with Crippen molar-refractivity contribution in [2.24, 2.45) is 0 Å². The third-order valence-electron chi connectivity index (χ3n) is 5.93. The van der Waals surface area contributed by atoms with E-state index in [2.05, 4.69) is 44.0 Å². The molecule has 1 saturated heterocycles. The lowest BCUT2D eigenvalue weighted by atomic mass is 9.96. The summed E-state index contributed by atoms with van der Waals surface area (Å²) in [5.41, 5.74) is 5.11. The highest BCUT2D eigenvalue weighted by Crippen LogP contribution is 2.24. The summed E-state index contributed by atoms with van der Waals surface area (Å²) in [6.45, 7) is 5.10. The Kier molecular flexibility index (Phi) is 6.31. The van der Waals surface area contributed by atoms with E-state index in [0.717, 1.165) is 56.4 Å². The van der Waals surface area contributed by atoms with Crippen LogP contribution in [-0.4, -0.2) is 46.0 Å². The first-order valence-electron chi connectivity index (χ1n) is 10.4. The number of nitrogens with one attached hydrogen (secondary N) is 1. The van der Waals surface area contributed by atoms with Crippen molar-refractivity contribution in [3.05, 3.63) is 65.6 Å². The summed E-state index contributed by atoms with van der Waals surface area (Å²) < 4.78 is 0. The second-order valence-corrected chi connectivity index (χ2v) is 7.87. The predicted molar refractivity (Wildman–Crippen MR) is 123 cm³/mol. The Balaban J connectivity index is 0.00000205. The number of pyridine rings is 1. The van der Waals surface area contributed by atoms with Gasteiger partial charge in [0.15, 0.2) is 0 Å². The number of H-pyrrole nitrogens is 1. The van der Waals surface area contributed by atoms with Gasteiger partial charge in [0.2, 0.25) is 0 Å². The first-order chi connectivity index (χ1) is 13.8. The van der Waals surface area contributed by atoms with Crippen LogP contribution in [0.25, 0.3) is 11.4 Å². The van der Waals surface area contributed by atoms with E-state index in [-0.39, 0.29) is 17.0 Å². The summed E-state index contributed by atoms with van der Waals surface area (Å²) in [7, 11) is 0. The number of aryl methyl sites for hydroxylation is 2. The first kappa shape index (κ1) is 20.1. The highest BCUT2D eigenvalue weighted by molar-refractivity contribution is 8.93. The van der Waals surface area contributed by atoms with Gasteiger partial charge >= 0.3 is 0 Å². The molecule has 3 aromatic rings. The zero-order valence-corrected chi connectivity index (χ0v) is 18.4. The molecule has 2 aromatic heterocycles. The van der Waals surface area contributed by atoms with Crippen molar-refractivity contribution in [1.29, 1.82) is 0 Å². The Morgan fingerprint density at radius 3 is 2.52 bits per heavy atom. The topological polar surface area (TPSA) is 48.1 Å². The van der Waals surface area contributed by atoms with Crippen LogP contribution in [0.2, 0.25) is 0 Å². The molecule has 0 saturated carbocycles. The van der Waals surface area contributed by atoms with Crippen molar-refractivity contribution in [1.82, 2.24) is 19.9 Å². The molecule has 6 heteroatoms. The molecule has 29 heavy (non-hydrogen) atoms. The van der Waals surface area contributed by atoms with Crippen LogP contribution in [0.1, 0.15) is 29.8 Å². The molecular weight excluding hydrogens is 426 g/mol. The number of anilines is 1. The van der Waals surface area contributed by atoms with E-state index >= 15 is 0 Å². The SMILES string of the molecule is Br.c1ccc(-c2ncc(CN3CCN(c4ccc5c(n4)CCCC5)CC3)[nH]2)cc1. The molecule has 0 atom stereocenters. The van der Waals surface area contributed by atoms with Crippen LogP contribution in [0.5, 0.6) is 0 Å². The van der Waals surface area contributed by atoms with Crippen molar-refractivity contribution < 1.29 is 0 Å². The molecule has 0 spiro atoms. The molecule has 2 aliphatic rings. The lowest BCUT2D eigenvalue weighted by molar-refractivity contribution is 0.247. The second kappa shape index (κ2) is 9.09. The number of nitrogens with zero attached hydrogens (tertiary/aromatic N) is 4. The molecule has 1 aliphatic carbocycles. The van der Waals surface area contributed by atoms with Crippen LogP contribution in [-0.2, 0) is 19.4 Å². The Morgan fingerprint density at radius 1 is 0.897 bits per heavy atom. The Hall–Kier alpha value is -2.18. The van der Waals surface area contributed by atoms with E-state index in [1.807, 2.05) is 24.4 Å². The van der Waals surface area contributed by atoms with Crippen LogP contribution >= 0.6 is 17.0 Å². The third-order valence-corrected chi connectivity index (χ3v) is 5.93. The van der Waals surface area contributed by atoms with E-state index in [1.165, 1.54) is 36.2 Å². The van der Waals surface area contributed by atoms with Gasteiger partial charge in [0.25, 0.3) is 0 Å². The maximum atomic E-state index is 4.97. The summed E-state index contributed by atoms with van der Waals surface area (Å²) in [4.78, 5) is 17.9. The fourth-order valence-electron chi connectivity index (χ4n) is 4.30. The normalized spacial score (nSPS) is 16.9. The average molecular weight is 454 g/mol. The van der Waals surface area contributed by atoms with Gasteiger partial charge in [-0.15, -0.1) is 17.0 Å². The molecule has 152 valence electrons. The molecule has 1 aromatic carbocycles. The Labute approximate surface area is 182 Å². The highest BCUT2D eigenvalue weighted by Gasteiger charge is 2.20. The van der Waals surface area contributed by atoms with Crippen molar-refractivity contribution in [3.63, 3.8) is 0 Å². The second-order valence-electron chi connectivity index (χ2n) is 7.87. The molecule has 3 heterocycles. The zero-order valence-electron chi connectivity index (χ0n) is 16.7. The molecule has 1 fully saturated rings. The molecule has 5 rings (SSSR count). The number of piperazine rings is 1. The van der Waals surface area contributed by atoms with Crippen LogP contribution in [0.3, 0.4) is 0 Å². The van der Waals surface area contributed by atoms with Crippen LogP contribution < -0.4 is 4.90 Å². The predicted octanol–water partition coefficient (Wildman–Crippen LogP) is 4.25. The molecule has 1 N–H and O–H groups in total. The van der Waals surface area contributed by atoms with E-state index < -0.39 is 0 Å². The maximum absolute atomic E-state index is 4.97. The Morgan fingerprint density at radius 2 is 1.69 bits per heavy atom. The lowest BCUT2D eigenvalue weighted by Crippen LogP contribution is -2.46. The van der Waals surface area contributed by atoms with E-state index in [0.29, 0.717) is 0 Å². The van der Waals surface area contributed by atoms with Crippen LogP contribution in [0.4, 0.5) is 5.82 Å². The van der Waals surface area contributed by atoms with Gasteiger partial charge in [-0.2, -0.15) is 0 Å². The van der Waals surface area contributed by atoms with E-state index in [1.54, 1.807) is 0 Å². The van der Waals surface area contributed by atoms with Gasteiger partial charge in [0.1, 0.15) is 11.6 Å². The van der Waals surface area contributed by atoms with Gasteiger partial charge in [0.05, 0.1) is 0 Å². The number of aromatic amines is 1. The number of fused-ring (bicyclic) bond motifs is 1. The van der Waals surface area contributed by atoms with Gasteiger partial charge in [0, 0.05) is 55.9 Å². The summed E-state index contributed by atoms with van der Waals surface area (Å²) in [6.07, 6.45) is 6.91. The number of hydrogen-bond donors (Lipinski definition) is 1. The fraction of sp³-hybridized carbons (Fsp3) is 0.391. The van der Waals surface area contributed by atoms with Crippen molar-refractivity contribution in [2.75, 3.05) is 31.1 Å². The summed E-state index contributed by atoms with van der Waals surface area (Å²) in [5.74, 6) is 2.11. The lowest BCUT2D eigenvalue weighted by Gasteiger charge is -2.35. The molecule has 5 nitrogen and oxygen atoms in total. The maximum Gasteiger partial charge on any atom is 0.137 e. The van der Waals surface area contributed by atoms with Gasteiger partial charge in [-0.1, -0.05) is 36.4 Å². The highest BCUT2D eigenvalue weighted by atomic mass is 79.9. The minimum atomic E-state index is 0. The monoisotopic (exact) mass is 453 g/mol.